The Bertz CT molecular complexity index is 1010. The first-order chi connectivity index (χ1) is 13.5. The molecular formula is C21H16BrClN2O3. The number of hydrogen-bond acceptors (Lipinski definition) is 4. The molecule has 0 bridgehead atoms. The van der Waals surface area contributed by atoms with Gasteiger partial charge in [-0.2, -0.15) is 5.10 Å². The van der Waals surface area contributed by atoms with Crippen LogP contribution in [-0.4, -0.2) is 17.2 Å². The molecule has 0 aromatic heterocycles. The molecule has 0 fully saturated rings. The summed E-state index contributed by atoms with van der Waals surface area (Å²) in [5, 5.41) is 14.4. The molecule has 3 rings (SSSR count). The van der Waals surface area contributed by atoms with Gasteiger partial charge < -0.3 is 9.84 Å². The summed E-state index contributed by atoms with van der Waals surface area (Å²) in [6.45, 7) is 0.302. The Balaban J connectivity index is 1.67. The van der Waals surface area contributed by atoms with Gasteiger partial charge in [-0.05, 0) is 48.0 Å². The van der Waals surface area contributed by atoms with E-state index in [9.17, 15) is 9.90 Å². The number of hydrogen-bond donors (Lipinski definition) is 2. The van der Waals surface area contributed by atoms with Crippen LogP contribution in [0.25, 0.3) is 0 Å². The van der Waals surface area contributed by atoms with Crippen molar-refractivity contribution in [3.05, 3.63) is 92.9 Å². The Labute approximate surface area is 175 Å². The normalized spacial score (nSPS) is 10.8. The minimum Gasteiger partial charge on any atom is -0.507 e. The average molecular weight is 460 g/mol. The SMILES string of the molecule is O=C(N/N=C/c1cc(Br)ccc1O)c1ccccc1OCc1ccc(Cl)cc1. The summed E-state index contributed by atoms with van der Waals surface area (Å²) < 4.78 is 6.57. The van der Waals surface area contributed by atoms with Gasteiger partial charge in [-0.3, -0.25) is 4.79 Å². The molecule has 28 heavy (non-hydrogen) atoms. The summed E-state index contributed by atoms with van der Waals surface area (Å²) >= 11 is 9.20. The lowest BCUT2D eigenvalue weighted by Gasteiger charge is -2.10. The van der Waals surface area contributed by atoms with Crippen LogP contribution in [-0.2, 0) is 6.61 Å². The molecule has 0 aliphatic rings. The molecule has 3 aromatic rings. The molecule has 142 valence electrons. The topological polar surface area (TPSA) is 70.9 Å². The molecule has 1 amide bonds. The van der Waals surface area contributed by atoms with E-state index in [-0.39, 0.29) is 5.75 Å². The highest BCUT2D eigenvalue weighted by molar-refractivity contribution is 9.10. The number of amides is 1. The predicted molar refractivity (Wildman–Crippen MR) is 113 cm³/mol. The van der Waals surface area contributed by atoms with Crippen molar-refractivity contribution >= 4 is 39.7 Å². The molecule has 0 aliphatic carbocycles. The molecular weight excluding hydrogens is 444 g/mol. The quantitative estimate of drug-likeness (QED) is 0.395. The number of nitrogens with one attached hydrogen (secondary N) is 1. The summed E-state index contributed by atoms with van der Waals surface area (Å²) in [5.74, 6) is 0.0841. The second-order valence-electron chi connectivity index (χ2n) is 5.81. The Morgan fingerprint density at radius 1 is 1.14 bits per heavy atom. The lowest BCUT2D eigenvalue weighted by Crippen LogP contribution is -2.18. The van der Waals surface area contributed by atoms with Crippen molar-refractivity contribution < 1.29 is 14.6 Å². The molecule has 0 saturated carbocycles. The Kier molecular flexibility index (Phi) is 6.68. The van der Waals surface area contributed by atoms with Crippen LogP contribution in [0.15, 0.2) is 76.3 Å². The zero-order chi connectivity index (χ0) is 19.9. The zero-order valence-corrected chi connectivity index (χ0v) is 16.9. The number of hydrazone groups is 1. The largest absolute Gasteiger partial charge is 0.507 e. The summed E-state index contributed by atoms with van der Waals surface area (Å²) in [6.07, 6.45) is 1.37. The van der Waals surface area contributed by atoms with Crippen LogP contribution in [0.3, 0.4) is 0 Å². The highest BCUT2D eigenvalue weighted by Gasteiger charge is 2.11. The lowest BCUT2D eigenvalue weighted by atomic mass is 10.2. The standard InChI is InChI=1S/C21H16BrClN2O3/c22-16-7-10-19(26)15(11-16)12-24-25-21(27)18-3-1-2-4-20(18)28-13-14-5-8-17(23)9-6-14/h1-12,26H,13H2,(H,25,27)/b24-12+. The Morgan fingerprint density at radius 3 is 2.68 bits per heavy atom. The van der Waals surface area contributed by atoms with E-state index in [0.717, 1.165) is 10.0 Å². The Hall–Kier alpha value is -2.83. The lowest BCUT2D eigenvalue weighted by molar-refractivity contribution is 0.0950. The van der Waals surface area contributed by atoms with Crippen LogP contribution in [0.1, 0.15) is 21.5 Å². The molecule has 0 atom stereocenters. The number of carbonyl (C=O) groups is 1. The maximum atomic E-state index is 12.5. The van der Waals surface area contributed by atoms with Gasteiger partial charge in [-0.25, -0.2) is 5.43 Å². The number of carbonyl (C=O) groups excluding carboxylic acids is 1. The zero-order valence-electron chi connectivity index (χ0n) is 14.6. The van der Waals surface area contributed by atoms with Crippen LogP contribution >= 0.6 is 27.5 Å². The van der Waals surface area contributed by atoms with Crippen molar-refractivity contribution in [1.29, 1.82) is 0 Å². The minimum absolute atomic E-state index is 0.0629. The first kappa shape index (κ1) is 19.9. The van der Waals surface area contributed by atoms with E-state index in [1.165, 1.54) is 12.3 Å². The molecule has 0 saturated heterocycles. The third kappa shape index (κ3) is 5.34. The molecule has 0 heterocycles. The second kappa shape index (κ2) is 9.39. The highest BCUT2D eigenvalue weighted by Crippen LogP contribution is 2.21. The number of halogens is 2. The predicted octanol–water partition coefficient (Wildman–Crippen LogP) is 5.15. The maximum absolute atomic E-state index is 12.5. The molecule has 0 aliphatic heterocycles. The minimum atomic E-state index is -0.419. The third-order valence-corrected chi connectivity index (χ3v) is 4.54. The van der Waals surface area contributed by atoms with Gasteiger partial charge in [-0.1, -0.05) is 51.8 Å². The van der Waals surface area contributed by atoms with Crippen molar-refractivity contribution in [2.45, 2.75) is 6.61 Å². The van der Waals surface area contributed by atoms with E-state index < -0.39 is 5.91 Å². The molecule has 7 heteroatoms. The molecule has 5 nitrogen and oxygen atoms in total. The van der Waals surface area contributed by atoms with Crippen molar-refractivity contribution in [3.8, 4) is 11.5 Å². The summed E-state index contributed by atoms with van der Waals surface area (Å²) in [6, 6.07) is 19.1. The maximum Gasteiger partial charge on any atom is 0.275 e. The van der Waals surface area contributed by atoms with Crippen molar-refractivity contribution in [1.82, 2.24) is 5.43 Å². The third-order valence-electron chi connectivity index (χ3n) is 3.80. The van der Waals surface area contributed by atoms with Gasteiger partial charge in [0.25, 0.3) is 5.91 Å². The van der Waals surface area contributed by atoms with Gasteiger partial charge in [0.1, 0.15) is 18.1 Å². The number of benzene rings is 3. The van der Waals surface area contributed by atoms with Gasteiger partial charge in [0.15, 0.2) is 0 Å². The number of phenols is 1. The van der Waals surface area contributed by atoms with Gasteiger partial charge in [-0.15, -0.1) is 0 Å². The van der Waals surface area contributed by atoms with Crippen molar-refractivity contribution in [2.75, 3.05) is 0 Å². The number of nitrogens with zero attached hydrogens (tertiary/aromatic N) is 1. The smallest absolute Gasteiger partial charge is 0.275 e. The molecule has 0 spiro atoms. The van der Waals surface area contributed by atoms with Crippen LogP contribution in [0.4, 0.5) is 0 Å². The number of ether oxygens (including phenoxy) is 1. The summed E-state index contributed by atoms with van der Waals surface area (Å²) in [7, 11) is 0. The van der Waals surface area contributed by atoms with E-state index in [1.54, 1.807) is 48.5 Å². The molecule has 2 N–H and O–H groups in total. The van der Waals surface area contributed by atoms with Crippen LogP contribution in [0.2, 0.25) is 5.02 Å². The first-order valence-electron chi connectivity index (χ1n) is 8.31. The molecule has 0 unspecified atom stereocenters. The van der Waals surface area contributed by atoms with Crippen molar-refractivity contribution in [2.24, 2.45) is 5.10 Å². The van der Waals surface area contributed by atoms with E-state index in [2.05, 4.69) is 26.5 Å². The van der Waals surface area contributed by atoms with E-state index >= 15 is 0 Å². The number of aromatic hydroxyl groups is 1. The summed E-state index contributed by atoms with van der Waals surface area (Å²) in [5.41, 5.74) is 4.21. The van der Waals surface area contributed by atoms with Crippen molar-refractivity contribution in [3.63, 3.8) is 0 Å². The first-order valence-corrected chi connectivity index (χ1v) is 9.48. The van der Waals surface area contributed by atoms with Gasteiger partial charge in [0, 0.05) is 15.1 Å². The number of phenolic OH excluding ortho intramolecular Hbond substituents is 1. The number of rotatable bonds is 6. The van der Waals surface area contributed by atoms with Gasteiger partial charge >= 0.3 is 0 Å². The Morgan fingerprint density at radius 2 is 1.89 bits per heavy atom. The van der Waals surface area contributed by atoms with E-state index in [4.69, 9.17) is 16.3 Å². The molecule has 0 radical (unpaired) electrons. The van der Waals surface area contributed by atoms with Crippen LogP contribution in [0.5, 0.6) is 11.5 Å². The summed E-state index contributed by atoms with van der Waals surface area (Å²) in [4.78, 5) is 12.5. The monoisotopic (exact) mass is 458 g/mol. The highest BCUT2D eigenvalue weighted by atomic mass is 79.9. The fourth-order valence-electron chi connectivity index (χ4n) is 2.37. The molecule has 3 aromatic carbocycles. The van der Waals surface area contributed by atoms with Gasteiger partial charge in [0.05, 0.1) is 11.8 Å². The van der Waals surface area contributed by atoms with E-state index in [0.29, 0.717) is 28.5 Å². The van der Waals surface area contributed by atoms with Crippen LogP contribution in [0, 0.1) is 0 Å². The number of para-hydroxylation sites is 1. The van der Waals surface area contributed by atoms with Gasteiger partial charge in [0.2, 0.25) is 0 Å². The van der Waals surface area contributed by atoms with E-state index in [1.807, 2.05) is 12.1 Å². The fourth-order valence-corrected chi connectivity index (χ4v) is 2.88. The van der Waals surface area contributed by atoms with Crippen LogP contribution < -0.4 is 10.2 Å². The second-order valence-corrected chi connectivity index (χ2v) is 7.17. The average Bonchev–Trinajstić information content (AvgIpc) is 2.70. The fraction of sp³-hybridized carbons (Fsp3) is 0.0476.